The molecule has 13 heteroatoms. The van der Waals surface area contributed by atoms with Crippen LogP contribution in [0.2, 0.25) is 0 Å². The van der Waals surface area contributed by atoms with E-state index >= 15 is 0 Å². The van der Waals surface area contributed by atoms with Gasteiger partial charge in [-0.15, -0.1) is 0 Å². The van der Waals surface area contributed by atoms with Crippen molar-refractivity contribution in [1.82, 2.24) is 39.9 Å². The first-order valence-corrected chi connectivity index (χ1v) is 15.9. The van der Waals surface area contributed by atoms with E-state index in [2.05, 4.69) is 44.4 Å². The first kappa shape index (κ1) is 34.7. The summed E-state index contributed by atoms with van der Waals surface area (Å²) in [7, 11) is 0. The molecular weight excluding hydrogens is 716 g/mol. The van der Waals surface area contributed by atoms with Gasteiger partial charge in [-0.2, -0.15) is 10.3 Å². The molecule has 0 radical (unpaired) electrons. The third-order valence-electron chi connectivity index (χ3n) is 7.84. The summed E-state index contributed by atoms with van der Waals surface area (Å²) in [5, 5.41) is 20.9. The van der Waals surface area contributed by atoms with Crippen LogP contribution in [0, 0.1) is 0 Å². The van der Waals surface area contributed by atoms with E-state index in [1.54, 1.807) is 24.8 Å². The van der Waals surface area contributed by atoms with Crippen molar-refractivity contribution in [2.24, 2.45) is 0 Å². The molecule has 10 nitrogen and oxygen atoms in total. The van der Waals surface area contributed by atoms with E-state index in [9.17, 15) is 0 Å². The Balaban J connectivity index is 0.000000150. The monoisotopic (exact) mass is 736 g/mol. The van der Waals surface area contributed by atoms with Crippen LogP contribution in [0.4, 0.5) is 0 Å². The average molecular weight is 737 g/mol. The molecule has 0 bridgehead atoms. The first-order chi connectivity index (χ1) is 24.7. The van der Waals surface area contributed by atoms with Gasteiger partial charge in [0.15, 0.2) is 0 Å². The van der Waals surface area contributed by atoms with Crippen LogP contribution < -0.4 is 0 Å². The van der Waals surface area contributed by atoms with Crippen molar-refractivity contribution >= 4 is 123 Å². The molecule has 0 N–H and O–H groups in total. The van der Waals surface area contributed by atoms with Gasteiger partial charge < -0.3 is 10.8 Å². The van der Waals surface area contributed by atoms with Crippen molar-refractivity contribution in [3.05, 3.63) is 133 Å². The summed E-state index contributed by atoms with van der Waals surface area (Å²) in [5.74, 6) is 0. The Morgan fingerprint density at radius 2 is 0.569 bits per heavy atom. The topological polar surface area (TPSA) is 148 Å². The summed E-state index contributed by atoms with van der Waals surface area (Å²) in [4.78, 5) is 37.3. The number of hydrogen-bond donors (Lipinski definition) is 0. The van der Waals surface area contributed by atoms with Crippen molar-refractivity contribution in [3.8, 4) is 0 Å². The van der Waals surface area contributed by atoms with Gasteiger partial charge in [-0.3, -0.25) is 19.9 Å². The fraction of sp³-hybridized carbons (Fsp3) is 0. The first-order valence-electron chi connectivity index (χ1n) is 15.0. The van der Waals surface area contributed by atoms with Crippen LogP contribution in [-0.4, -0.2) is 50.2 Å². The van der Waals surface area contributed by atoms with Crippen molar-refractivity contribution < 1.29 is 17.1 Å². The molecule has 242 valence electrons. The second kappa shape index (κ2) is 15.6. The largest absolute Gasteiger partial charge is 2.00 e. The molecule has 0 amide bonds. The molecule has 10 rings (SSSR count). The fourth-order valence-corrected chi connectivity index (χ4v) is 5.89. The molecular formula is C38H20FeN10S2. The number of aromatic nitrogens is 8. The Hall–Kier alpha value is -6.16. The van der Waals surface area contributed by atoms with Gasteiger partial charge >= 0.3 is 17.1 Å². The molecule has 0 atom stereocenters. The zero-order valence-electron chi connectivity index (χ0n) is 26.2. The molecule has 51 heavy (non-hydrogen) atoms. The van der Waals surface area contributed by atoms with Crippen LogP contribution in [-0.2, 0) is 17.1 Å². The van der Waals surface area contributed by atoms with Crippen molar-refractivity contribution in [1.29, 1.82) is 0 Å². The molecule has 0 fully saturated rings. The van der Waals surface area contributed by atoms with Gasteiger partial charge in [0.25, 0.3) is 0 Å². The third-order valence-corrected chi connectivity index (χ3v) is 7.84. The molecule has 4 aromatic carbocycles. The molecule has 0 saturated carbocycles. The summed E-state index contributed by atoms with van der Waals surface area (Å²) < 4.78 is 0. The molecule has 0 unspecified atom stereocenters. The van der Waals surface area contributed by atoms with E-state index in [1.807, 2.05) is 97.1 Å². The fourth-order valence-electron chi connectivity index (χ4n) is 5.89. The van der Waals surface area contributed by atoms with Gasteiger partial charge in [-0.05, 0) is 72.8 Å². The number of rotatable bonds is 0. The van der Waals surface area contributed by atoms with E-state index in [0.29, 0.717) is 0 Å². The molecule has 10 aromatic rings. The van der Waals surface area contributed by atoms with E-state index in [0.717, 1.165) is 87.7 Å². The molecule has 0 aliphatic carbocycles. The summed E-state index contributed by atoms with van der Waals surface area (Å²) in [6.07, 6.45) is 7.15. The molecule has 6 heterocycles. The number of nitrogens with zero attached hydrogens (tertiary/aromatic N) is 10. The van der Waals surface area contributed by atoms with Crippen molar-refractivity contribution in [2.75, 3.05) is 0 Å². The zero-order chi connectivity index (χ0) is 34.5. The summed E-state index contributed by atoms with van der Waals surface area (Å²) in [5.41, 5.74) is 10.6. The van der Waals surface area contributed by atoms with Crippen molar-refractivity contribution in [2.45, 2.75) is 0 Å². The van der Waals surface area contributed by atoms with Gasteiger partial charge in [0, 0.05) is 46.3 Å². The maximum atomic E-state index is 7.13. The number of para-hydroxylation sites is 4. The van der Waals surface area contributed by atoms with Crippen LogP contribution in [0.3, 0.4) is 0 Å². The van der Waals surface area contributed by atoms with E-state index in [1.165, 1.54) is 10.3 Å². The Morgan fingerprint density at radius 3 is 0.784 bits per heavy atom. The Morgan fingerprint density at radius 1 is 0.353 bits per heavy atom. The van der Waals surface area contributed by atoms with Gasteiger partial charge in [-0.25, -0.2) is 19.9 Å². The van der Waals surface area contributed by atoms with Gasteiger partial charge in [-0.1, -0.05) is 48.7 Å². The van der Waals surface area contributed by atoms with Crippen LogP contribution in [0.15, 0.2) is 122 Å². The van der Waals surface area contributed by atoms with Crippen LogP contribution in [0.25, 0.3) is 98.6 Å². The molecule has 0 aliphatic rings. The van der Waals surface area contributed by atoms with Crippen LogP contribution >= 0.6 is 24.4 Å². The smallest absolute Gasteiger partial charge is 0.753 e. The Labute approximate surface area is 310 Å². The molecule has 0 aliphatic heterocycles. The van der Waals surface area contributed by atoms with Crippen molar-refractivity contribution in [3.63, 3.8) is 0 Å². The van der Waals surface area contributed by atoms with Gasteiger partial charge in [0.2, 0.25) is 0 Å². The Kier molecular flexibility index (Phi) is 10.6. The zero-order valence-corrected chi connectivity index (χ0v) is 28.9. The number of fused-ring (bicyclic) bond motifs is 14. The SMILES string of the molecule is [Fe+2].[N-]=C=S.[N-]=C=S.c1ccc2nc3c4cccnc4c4ncccc4c3nc2c1.c1ccc2nc3c4cccnc4c4ncccc4c3nc2c1. The number of thiocarbonyl (C=S) groups is 2. The minimum Gasteiger partial charge on any atom is -0.753 e. The van der Waals surface area contributed by atoms with Gasteiger partial charge in [0.05, 0.1) is 66.2 Å². The minimum absolute atomic E-state index is 0. The standard InChI is InChI=1S/2C18H10N4.2CNS.Fe/c2*1-2-8-14-13(7-1)21-17-11-5-3-9-19-15(11)16-12(18(17)22-14)6-4-10-20-16;2*2-1-3;/h2*1-10H;;;/q;;2*-1;+2. The molecule has 6 aromatic heterocycles. The Bertz CT molecular complexity index is 2580. The second-order valence-corrected chi connectivity index (χ2v) is 11.0. The number of hydrogen-bond acceptors (Lipinski definition) is 10. The maximum Gasteiger partial charge on any atom is 2.00 e. The predicted molar refractivity (Wildman–Crippen MR) is 207 cm³/mol. The average Bonchev–Trinajstić information content (AvgIpc) is 3.18. The number of pyridine rings is 4. The van der Waals surface area contributed by atoms with E-state index < -0.39 is 0 Å². The van der Waals surface area contributed by atoms with Crippen LogP contribution in [0.5, 0.6) is 0 Å². The number of benzene rings is 4. The third kappa shape index (κ3) is 6.60. The summed E-state index contributed by atoms with van der Waals surface area (Å²) in [6.45, 7) is 0. The summed E-state index contributed by atoms with van der Waals surface area (Å²) >= 11 is 7.40. The summed E-state index contributed by atoms with van der Waals surface area (Å²) in [6, 6.07) is 31.7. The van der Waals surface area contributed by atoms with E-state index in [4.69, 9.17) is 30.8 Å². The maximum absolute atomic E-state index is 7.13. The minimum atomic E-state index is 0. The normalized spacial score (nSPS) is 10.4. The van der Waals surface area contributed by atoms with Crippen LogP contribution in [0.1, 0.15) is 0 Å². The molecule has 0 spiro atoms. The molecule has 0 saturated heterocycles. The second-order valence-electron chi connectivity index (χ2n) is 10.6. The quantitative estimate of drug-likeness (QED) is 0.0485. The number of isothiocyanates is 2. The van der Waals surface area contributed by atoms with E-state index in [-0.39, 0.29) is 17.1 Å². The van der Waals surface area contributed by atoms with Gasteiger partial charge in [0.1, 0.15) is 0 Å². The predicted octanol–water partition coefficient (Wildman–Crippen LogP) is 9.07.